The van der Waals surface area contributed by atoms with Crippen molar-refractivity contribution in [1.82, 2.24) is 4.90 Å². The van der Waals surface area contributed by atoms with Gasteiger partial charge in [0.15, 0.2) is 0 Å². The second-order valence-electron chi connectivity index (χ2n) is 11.9. The van der Waals surface area contributed by atoms with Gasteiger partial charge in [0, 0.05) is 48.6 Å². The Morgan fingerprint density at radius 3 is 2.23 bits per heavy atom. The fourth-order valence-corrected chi connectivity index (χ4v) is 9.54. The van der Waals surface area contributed by atoms with Gasteiger partial charge in [0.05, 0.1) is 23.2 Å². The molecule has 2 bridgehead atoms. The van der Waals surface area contributed by atoms with Crippen LogP contribution in [0.5, 0.6) is 5.75 Å². The molecule has 2 aromatic rings. The van der Waals surface area contributed by atoms with Gasteiger partial charge in [-0.05, 0) is 95.0 Å². The summed E-state index contributed by atoms with van der Waals surface area (Å²) in [5.41, 5.74) is 2.45. The first-order valence-electron chi connectivity index (χ1n) is 16.2. The molecule has 44 heavy (non-hydrogen) atoms. The lowest BCUT2D eigenvalue weighted by Gasteiger charge is -2.34. The topological polar surface area (TPSA) is 111 Å². The Hall–Kier alpha value is -3.24. The van der Waals surface area contributed by atoms with Gasteiger partial charge in [-0.1, -0.05) is 12.8 Å². The van der Waals surface area contributed by atoms with Crippen LogP contribution in [0.4, 0.5) is 17.1 Å². The molecule has 10 heteroatoms. The predicted molar refractivity (Wildman–Crippen MR) is 176 cm³/mol. The van der Waals surface area contributed by atoms with Crippen LogP contribution in [0.1, 0.15) is 59.3 Å². The molecule has 9 nitrogen and oxygen atoms in total. The number of benzene rings is 2. The molecule has 3 amide bonds. The number of anilines is 3. The normalized spacial score (nSPS) is 25.2. The Labute approximate surface area is 265 Å². The van der Waals surface area contributed by atoms with E-state index in [-0.39, 0.29) is 29.6 Å². The van der Waals surface area contributed by atoms with Crippen LogP contribution in [-0.4, -0.2) is 76.6 Å². The summed E-state index contributed by atoms with van der Waals surface area (Å²) in [5, 5.41) is 15.4. The van der Waals surface area contributed by atoms with Crippen LogP contribution < -0.4 is 20.3 Å². The van der Waals surface area contributed by atoms with E-state index in [0.717, 1.165) is 63.1 Å². The van der Waals surface area contributed by atoms with Gasteiger partial charge in [-0.3, -0.25) is 14.4 Å². The third-order valence-corrected chi connectivity index (χ3v) is 11.3. The quantitative estimate of drug-likeness (QED) is 0.236. The molecule has 238 valence electrons. The highest BCUT2D eigenvalue weighted by Crippen LogP contribution is 2.66. The van der Waals surface area contributed by atoms with E-state index < -0.39 is 22.6 Å². The number of thioether (sulfide) groups is 1. The molecular formula is C34H46N4O5S. The molecule has 1 spiro atoms. The van der Waals surface area contributed by atoms with Gasteiger partial charge >= 0.3 is 0 Å². The minimum Gasteiger partial charge on any atom is -0.494 e. The third kappa shape index (κ3) is 6.29. The number of nitrogens with zero attached hydrogens (tertiary/aromatic N) is 2. The fraction of sp³-hybridized carbons (Fsp3) is 0.559. The van der Waals surface area contributed by atoms with Gasteiger partial charge in [-0.2, -0.15) is 0 Å². The molecule has 0 aromatic heterocycles. The number of fused-ring (bicyclic) bond motifs is 1. The molecule has 0 saturated carbocycles. The Balaban J connectivity index is 1.37. The van der Waals surface area contributed by atoms with E-state index in [2.05, 4.69) is 29.4 Å². The molecule has 2 unspecified atom stereocenters. The molecular weight excluding hydrogens is 576 g/mol. The second kappa shape index (κ2) is 14.2. The van der Waals surface area contributed by atoms with E-state index in [1.807, 2.05) is 55.5 Å². The number of unbranched alkanes of at least 4 members (excludes halogenated alkanes) is 3. The molecule has 0 aliphatic carbocycles. The molecule has 3 aliphatic heterocycles. The Kier molecular flexibility index (Phi) is 10.4. The number of rotatable bonds is 15. The number of carbonyl (C=O) groups is 3. The Morgan fingerprint density at radius 1 is 0.955 bits per heavy atom. The Bertz CT molecular complexity index is 1300. The summed E-state index contributed by atoms with van der Waals surface area (Å²) in [7, 11) is 0. The number of amides is 3. The molecule has 3 saturated heterocycles. The van der Waals surface area contributed by atoms with Gasteiger partial charge in [-0.15, -0.1) is 11.8 Å². The van der Waals surface area contributed by atoms with Gasteiger partial charge < -0.3 is 30.3 Å². The first kappa shape index (κ1) is 32.2. The van der Waals surface area contributed by atoms with Gasteiger partial charge in [0.2, 0.25) is 17.7 Å². The number of ether oxygens (including phenoxy) is 1. The fourth-order valence-electron chi connectivity index (χ4n) is 7.32. The van der Waals surface area contributed by atoms with Crippen molar-refractivity contribution in [2.45, 2.75) is 75.3 Å². The average molecular weight is 623 g/mol. The molecule has 3 aliphatic rings. The average Bonchev–Trinajstić information content (AvgIpc) is 3.67. The van der Waals surface area contributed by atoms with Gasteiger partial charge in [0.1, 0.15) is 11.8 Å². The van der Waals surface area contributed by atoms with Crippen molar-refractivity contribution in [1.29, 1.82) is 0 Å². The van der Waals surface area contributed by atoms with Crippen molar-refractivity contribution in [2.75, 3.05) is 48.4 Å². The van der Waals surface area contributed by atoms with Crippen molar-refractivity contribution >= 4 is 46.5 Å². The Morgan fingerprint density at radius 2 is 1.59 bits per heavy atom. The van der Waals surface area contributed by atoms with Crippen LogP contribution in [0.15, 0.2) is 48.5 Å². The van der Waals surface area contributed by atoms with Crippen molar-refractivity contribution < 1.29 is 24.2 Å². The zero-order chi connectivity index (χ0) is 31.3. The maximum absolute atomic E-state index is 14.2. The standard InChI is InChI=1S/C34H46N4O5S/c1-4-37(5-2)25-15-11-23(12-16-25)36-32(41)30-34-20-19-27(44-34)28(29(34)33(42)38(30)21-9-7-8-10-22-39)31(40)35-24-13-17-26(18-14-24)43-6-3/h11-18,27-30,39H,4-10,19-22H2,1-3H3,(H,35,40)(H,36,41)/t27-,28+,29+,30?,34?/m1/s1. The number of likely N-dealkylation sites (tertiary alicyclic amines) is 1. The van der Waals surface area contributed by atoms with Crippen LogP contribution in [0.25, 0.3) is 0 Å². The largest absolute Gasteiger partial charge is 0.494 e. The molecule has 3 fully saturated rings. The highest BCUT2D eigenvalue weighted by molar-refractivity contribution is 8.02. The number of hydrogen-bond donors (Lipinski definition) is 3. The summed E-state index contributed by atoms with van der Waals surface area (Å²) in [6, 6.07) is 14.5. The van der Waals surface area contributed by atoms with Gasteiger partial charge in [-0.25, -0.2) is 0 Å². The lowest BCUT2D eigenvalue weighted by atomic mass is 9.70. The molecule has 3 heterocycles. The summed E-state index contributed by atoms with van der Waals surface area (Å²) < 4.78 is 4.89. The smallest absolute Gasteiger partial charge is 0.248 e. The first-order chi connectivity index (χ1) is 21.4. The summed E-state index contributed by atoms with van der Waals surface area (Å²) in [5.74, 6) is -0.763. The van der Waals surface area contributed by atoms with Crippen LogP contribution in [0, 0.1) is 11.8 Å². The lowest BCUT2D eigenvalue weighted by Crippen LogP contribution is -2.51. The van der Waals surface area contributed by atoms with E-state index in [1.54, 1.807) is 16.7 Å². The van der Waals surface area contributed by atoms with Crippen molar-refractivity contribution in [3.63, 3.8) is 0 Å². The first-order valence-corrected chi connectivity index (χ1v) is 17.0. The molecule has 5 atom stereocenters. The number of carbonyl (C=O) groups excluding carboxylic acids is 3. The highest BCUT2D eigenvalue weighted by atomic mass is 32.2. The maximum Gasteiger partial charge on any atom is 0.248 e. The van der Waals surface area contributed by atoms with E-state index in [0.29, 0.717) is 24.5 Å². The highest BCUT2D eigenvalue weighted by Gasteiger charge is 2.73. The molecule has 3 N–H and O–H groups in total. The SMILES string of the molecule is CCOc1ccc(NC(=O)[C@@H]2[C@H]3C(=O)N(CCCCCCO)C(C(=O)Nc4ccc(N(CC)CC)cc4)C34CC[C@H]2S4)cc1. The third-order valence-electron chi connectivity index (χ3n) is 9.35. The minimum atomic E-state index is -0.654. The van der Waals surface area contributed by atoms with Gasteiger partial charge in [0.25, 0.3) is 0 Å². The minimum absolute atomic E-state index is 0.0120. The molecule has 0 radical (unpaired) electrons. The van der Waals surface area contributed by atoms with E-state index in [4.69, 9.17) is 4.74 Å². The van der Waals surface area contributed by atoms with E-state index in [9.17, 15) is 19.5 Å². The van der Waals surface area contributed by atoms with Crippen LogP contribution in [0.2, 0.25) is 0 Å². The summed E-state index contributed by atoms with van der Waals surface area (Å²) in [6.07, 6.45) is 4.72. The number of aliphatic hydroxyl groups is 1. The number of hydrogen-bond acceptors (Lipinski definition) is 7. The second-order valence-corrected chi connectivity index (χ2v) is 13.5. The summed E-state index contributed by atoms with van der Waals surface area (Å²) in [4.78, 5) is 46.2. The monoisotopic (exact) mass is 622 g/mol. The zero-order valence-corrected chi connectivity index (χ0v) is 26.9. The lowest BCUT2D eigenvalue weighted by molar-refractivity contribution is -0.138. The summed E-state index contributed by atoms with van der Waals surface area (Å²) in [6.45, 7) is 9.12. The van der Waals surface area contributed by atoms with Crippen molar-refractivity contribution in [3.8, 4) is 5.75 Å². The number of nitrogens with one attached hydrogen (secondary N) is 2. The molecule has 2 aromatic carbocycles. The summed E-state index contributed by atoms with van der Waals surface area (Å²) >= 11 is 1.68. The van der Waals surface area contributed by atoms with E-state index >= 15 is 0 Å². The maximum atomic E-state index is 14.2. The molecule has 5 rings (SSSR count). The van der Waals surface area contributed by atoms with Crippen LogP contribution >= 0.6 is 11.8 Å². The zero-order valence-electron chi connectivity index (χ0n) is 26.1. The predicted octanol–water partition coefficient (Wildman–Crippen LogP) is 5.15. The number of aliphatic hydroxyl groups excluding tert-OH is 1. The van der Waals surface area contributed by atoms with Crippen molar-refractivity contribution in [2.24, 2.45) is 11.8 Å². The van der Waals surface area contributed by atoms with Crippen LogP contribution in [-0.2, 0) is 14.4 Å². The van der Waals surface area contributed by atoms with E-state index in [1.165, 1.54) is 0 Å². The van der Waals surface area contributed by atoms with Crippen LogP contribution in [0.3, 0.4) is 0 Å². The van der Waals surface area contributed by atoms with Crippen molar-refractivity contribution in [3.05, 3.63) is 48.5 Å².